The SMILES string of the molecule is CCc1nnc(NC(=O)[C@H]2CC(=O)N(Cc3ccc(C)cc3)C2)s1. The van der Waals surface area contributed by atoms with E-state index >= 15 is 0 Å². The van der Waals surface area contributed by atoms with Gasteiger partial charge in [0.05, 0.1) is 5.92 Å². The number of carbonyl (C=O) groups excluding carboxylic acids is 2. The Bertz CT molecular complexity index is 741. The van der Waals surface area contributed by atoms with Gasteiger partial charge in [-0.2, -0.15) is 0 Å². The largest absolute Gasteiger partial charge is 0.338 e. The molecule has 1 aliphatic heterocycles. The summed E-state index contributed by atoms with van der Waals surface area (Å²) >= 11 is 1.37. The average Bonchev–Trinajstić information content (AvgIpc) is 3.16. The molecule has 1 aliphatic rings. The molecule has 1 fully saturated rings. The maximum atomic E-state index is 12.3. The first-order valence-corrected chi connectivity index (χ1v) is 8.83. The predicted molar refractivity (Wildman–Crippen MR) is 92.6 cm³/mol. The van der Waals surface area contributed by atoms with Gasteiger partial charge in [0.25, 0.3) is 0 Å². The van der Waals surface area contributed by atoms with Crippen LogP contribution in [0.25, 0.3) is 0 Å². The van der Waals surface area contributed by atoms with Crippen LogP contribution in [0, 0.1) is 12.8 Å². The zero-order chi connectivity index (χ0) is 17.1. The van der Waals surface area contributed by atoms with Crippen LogP contribution in [0.3, 0.4) is 0 Å². The molecular weight excluding hydrogens is 324 g/mol. The lowest BCUT2D eigenvalue weighted by Gasteiger charge is -2.16. The Balaban J connectivity index is 1.59. The first kappa shape index (κ1) is 16.6. The second-order valence-electron chi connectivity index (χ2n) is 6.00. The lowest BCUT2D eigenvalue weighted by atomic mass is 10.1. The van der Waals surface area contributed by atoms with Crippen LogP contribution in [0.5, 0.6) is 0 Å². The number of rotatable bonds is 5. The van der Waals surface area contributed by atoms with Crippen molar-refractivity contribution < 1.29 is 9.59 Å². The highest BCUT2D eigenvalue weighted by Crippen LogP contribution is 2.23. The Morgan fingerprint density at radius 2 is 2.08 bits per heavy atom. The number of aryl methyl sites for hydroxylation is 2. The normalized spacial score (nSPS) is 17.3. The van der Waals surface area contributed by atoms with Crippen LogP contribution in [0.4, 0.5) is 5.13 Å². The van der Waals surface area contributed by atoms with Crippen LogP contribution in [0.15, 0.2) is 24.3 Å². The van der Waals surface area contributed by atoms with Gasteiger partial charge in [-0.05, 0) is 18.9 Å². The minimum Gasteiger partial charge on any atom is -0.338 e. The van der Waals surface area contributed by atoms with Gasteiger partial charge in [-0.1, -0.05) is 48.1 Å². The van der Waals surface area contributed by atoms with Crippen molar-refractivity contribution in [2.45, 2.75) is 33.2 Å². The van der Waals surface area contributed by atoms with Gasteiger partial charge in [-0.25, -0.2) is 0 Å². The van der Waals surface area contributed by atoms with Crippen molar-refractivity contribution in [3.8, 4) is 0 Å². The molecule has 0 saturated carbocycles. The van der Waals surface area contributed by atoms with E-state index in [9.17, 15) is 9.59 Å². The van der Waals surface area contributed by atoms with Gasteiger partial charge in [-0.3, -0.25) is 9.59 Å². The topological polar surface area (TPSA) is 75.2 Å². The van der Waals surface area contributed by atoms with Gasteiger partial charge in [0, 0.05) is 19.5 Å². The highest BCUT2D eigenvalue weighted by Gasteiger charge is 2.34. The Labute approximate surface area is 144 Å². The van der Waals surface area contributed by atoms with Crippen molar-refractivity contribution in [2.75, 3.05) is 11.9 Å². The molecule has 2 aromatic rings. The molecule has 1 atom stereocenters. The van der Waals surface area contributed by atoms with Crippen LogP contribution < -0.4 is 5.32 Å². The molecule has 0 aliphatic carbocycles. The number of hydrogen-bond donors (Lipinski definition) is 1. The molecule has 1 aromatic carbocycles. The van der Waals surface area contributed by atoms with Crippen LogP contribution in [0.2, 0.25) is 0 Å². The van der Waals surface area contributed by atoms with E-state index in [0.717, 1.165) is 17.0 Å². The predicted octanol–water partition coefficient (Wildman–Crippen LogP) is 2.40. The molecular formula is C17H20N4O2S. The third-order valence-corrected chi connectivity index (χ3v) is 5.06. The molecule has 1 N–H and O–H groups in total. The summed E-state index contributed by atoms with van der Waals surface area (Å²) in [6.07, 6.45) is 1.04. The summed E-state index contributed by atoms with van der Waals surface area (Å²) in [6, 6.07) is 8.09. The third kappa shape index (κ3) is 3.79. The average molecular weight is 344 g/mol. The molecule has 7 heteroatoms. The molecule has 126 valence electrons. The van der Waals surface area contributed by atoms with Gasteiger partial charge in [0.1, 0.15) is 5.01 Å². The van der Waals surface area contributed by atoms with Gasteiger partial charge in [0.15, 0.2) is 0 Å². The number of likely N-dealkylation sites (tertiary alicyclic amines) is 1. The molecule has 0 bridgehead atoms. The molecule has 0 radical (unpaired) electrons. The number of aromatic nitrogens is 2. The first-order valence-electron chi connectivity index (χ1n) is 8.01. The Morgan fingerprint density at radius 1 is 1.33 bits per heavy atom. The summed E-state index contributed by atoms with van der Waals surface area (Å²) < 4.78 is 0. The fourth-order valence-electron chi connectivity index (χ4n) is 2.67. The molecule has 0 spiro atoms. The summed E-state index contributed by atoms with van der Waals surface area (Å²) in [6.45, 7) is 5.01. The van der Waals surface area contributed by atoms with Crippen LogP contribution in [0.1, 0.15) is 29.5 Å². The maximum absolute atomic E-state index is 12.3. The lowest BCUT2D eigenvalue weighted by Crippen LogP contribution is -2.28. The first-order chi connectivity index (χ1) is 11.5. The van der Waals surface area contributed by atoms with E-state index in [1.807, 2.05) is 38.1 Å². The number of carbonyl (C=O) groups is 2. The van der Waals surface area contributed by atoms with Crippen LogP contribution in [-0.4, -0.2) is 33.5 Å². The smallest absolute Gasteiger partial charge is 0.231 e. The van der Waals surface area contributed by atoms with Gasteiger partial charge in [0.2, 0.25) is 16.9 Å². The van der Waals surface area contributed by atoms with Crippen molar-refractivity contribution in [2.24, 2.45) is 5.92 Å². The summed E-state index contributed by atoms with van der Waals surface area (Å²) in [5.41, 5.74) is 2.26. The van der Waals surface area contributed by atoms with E-state index in [4.69, 9.17) is 0 Å². The highest BCUT2D eigenvalue weighted by atomic mass is 32.1. The number of nitrogens with zero attached hydrogens (tertiary/aromatic N) is 3. The van der Waals surface area contributed by atoms with E-state index in [-0.39, 0.29) is 24.2 Å². The Morgan fingerprint density at radius 3 is 2.75 bits per heavy atom. The quantitative estimate of drug-likeness (QED) is 0.904. The van der Waals surface area contributed by atoms with E-state index in [0.29, 0.717) is 18.2 Å². The number of benzene rings is 1. The van der Waals surface area contributed by atoms with Gasteiger partial charge in [-0.15, -0.1) is 10.2 Å². The molecule has 24 heavy (non-hydrogen) atoms. The standard InChI is InChI=1S/C17H20N4O2S/c1-3-14-19-20-17(24-14)18-16(23)13-8-15(22)21(10-13)9-12-6-4-11(2)5-7-12/h4-7,13H,3,8-10H2,1-2H3,(H,18,20,23)/t13-/m0/s1. The maximum Gasteiger partial charge on any atom is 0.231 e. The number of hydrogen-bond acceptors (Lipinski definition) is 5. The number of nitrogens with one attached hydrogen (secondary N) is 1. The van der Waals surface area contributed by atoms with E-state index in [1.165, 1.54) is 16.9 Å². The van der Waals surface area contributed by atoms with Gasteiger partial charge < -0.3 is 10.2 Å². The zero-order valence-corrected chi connectivity index (χ0v) is 14.6. The van der Waals surface area contributed by atoms with Crippen molar-refractivity contribution in [3.63, 3.8) is 0 Å². The highest BCUT2D eigenvalue weighted by molar-refractivity contribution is 7.15. The monoisotopic (exact) mass is 344 g/mol. The molecule has 3 rings (SSSR count). The second-order valence-corrected chi connectivity index (χ2v) is 7.07. The number of anilines is 1. The lowest BCUT2D eigenvalue weighted by molar-refractivity contribution is -0.128. The second kappa shape index (κ2) is 7.09. The molecule has 2 heterocycles. The molecule has 1 saturated heterocycles. The molecule has 2 amide bonds. The molecule has 1 aromatic heterocycles. The summed E-state index contributed by atoms with van der Waals surface area (Å²) in [7, 11) is 0. The van der Waals surface area contributed by atoms with Crippen molar-refractivity contribution >= 4 is 28.3 Å². The van der Waals surface area contributed by atoms with Crippen LogP contribution >= 0.6 is 11.3 Å². The van der Waals surface area contributed by atoms with Crippen molar-refractivity contribution in [3.05, 3.63) is 40.4 Å². The molecule has 0 unspecified atom stereocenters. The van der Waals surface area contributed by atoms with Crippen molar-refractivity contribution in [1.29, 1.82) is 0 Å². The Hall–Kier alpha value is -2.28. The van der Waals surface area contributed by atoms with E-state index in [1.54, 1.807) is 4.90 Å². The van der Waals surface area contributed by atoms with Gasteiger partial charge >= 0.3 is 0 Å². The zero-order valence-electron chi connectivity index (χ0n) is 13.8. The van der Waals surface area contributed by atoms with E-state index < -0.39 is 0 Å². The third-order valence-electron chi connectivity index (χ3n) is 4.08. The summed E-state index contributed by atoms with van der Waals surface area (Å²) in [5, 5.41) is 12.1. The Kier molecular flexibility index (Phi) is 4.89. The fourth-order valence-corrected chi connectivity index (χ4v) is 3.35. The fraction of sp³-hybridized carbons (Fsp3) is 0.412. The summed E-state index contributed by atoms with van der Waals surface area (Å²) in [4.78, 5) is 26.3. The molecule has 6 nitrogen and oxygen atoms in total. The van der Waals surface area contributed by atoms with E-state index in [2.05, 4.69) is 15.5 Å². The van der Waals surface area contributed by atoms with Crippen LogP contribution in [-0.2, 0) is 22.6 Å². The number of amides is 2. The van der Waals surface area contributed by atoms with Crippen molar-refractivity contribution in [1.82, 2.24) is 15.1 Å². The minimum atomic E-state index is -0.336. The summed E-state index contributed by atoms with van der Waals surface area (Å²) in [5.74, 6) is -0.479. The minimum absolute atomic E-state index is 0.0160.